The first-order chi connectivity index (χ1) is 11.7. The first kappa shape index (κ1) is 15.6. The van der Waals surface area contributed by atoms with Crippen molar-refractivity contribution >= 4 is 23.1 Å². The number of pyridine rings is 1. The zero-order chi connectivity index (χ0) is 16.5. The maximum absolute atomic E-state index is 12.8. The Kier molecular flexibility index (Phi) is 4.22. The summed E-state index contributed by atoms with van der Waals surface area (Å²) in [5.74, 6) is 1.31. The van der Waals surface area contributed by atoms with Crippen molar-refractivity contribution in [1.29, 1.82) is 0 Å². The Bertz CT molecular complexity index is 723. The van der Waals surface area contributed by atoms with Crippen LogP contribution in [0, 0.1) is 6.92 Å². The molecule has 2 aromatic heterocycles. The average Bonchev–Trinajstić information content (AvgIpc) is 3.32. The molecular weight excluding hydrogens is 320 g/mol. The van der Waals surface area contributed by atoms with Gasteiger partial charge in [0.2, 0.25) is 0 Å². The molecular formula is C18H22N4OS. The van der Waals surface area contributed by atoms with Gasteiger partial charge in [0.1, 0.15) is 5.82 Å². The van der Waals surface area contributed by atoms with E-state index in [9.17, 15) is 4.79 Å². The molecule has 126 valence electrons. The van der Waals surface area contributed by atoms with Gasteiger partial charge in [0.05, 0.1) is 10.6 Å². The lowest BCUT2D eigenvalue weighted by molar-refractivity contribution is 0.0706. The highest BCUT2D eigenvalue weighted by Crippen LogP contribution is 2.30. The first-order valence-electron chi connectivity index (χ1n) is 8.63. The minimum absolute atomic E-state index is 0.0819. The molecule has 0 unspecified atom stereocenters. The van der Waals surface area contributed by atoms with Crippen molar-refractivity contribution in [2.45, 2.75) is 44.6 Å². The van der Waals surface area contributed by atoms with Gasteiger partial charge in [-0.05, 0) is 44.7 Å². The molecule has 0 spiro atoms. The number of aromatic nitrogens is 2. The molecule has 24 heavy (non-hydrogen) atoms. The van der Waals surface area contributed by atoms with Crippen LogP contribution in [0.4, 0.5) is 5.82 Å². The van der Waals surface area contributed by atoms with Gasteiger partial charge in [0.15, 0.2) is 0 Å². The number of anilines is 1. The zero-order valence-electron chi connectivity index (χ0n) is 13.9. The summed E-state index contributed by atoms with van der Waals surface area (Å²) in [6.45, 7) is 3.60. The van der Waals surface area contributed by atoms with Crippen LogP contribution in [0.2, 0.25) is 0 Å². The molecule has 0 radical (unpaired) electrons. The number of aryl methyl sites for hydroxylation is 1. The van der Waals surface area contributed by atoms with E-state index in [2.05, 4.69) is 20.7 Å². The quantitative estimate of drug-likeness (QED) is 0.925. The number of carbonyl (C=O) groups is 1. The number of likely N-dealkylation sites (tertiary alicyclic amines) is 1. The molecule has 2 aliphatic rings. The number of rotatable bonds is 4. The normalized spacial score (nSPS) is 20.9. The second kappa shape index (κ2) is 6.51. The number of hydrogen-bond donors (Lipinski definition) is 1. The van der Waals surface area contributed by atoms with Gasteiger partial charge < -0.3 is 10.2 Å². The summed E-state index contributed by atoms with van der Waals surface area (Å²) in [5, 5.41) is 6.60. The molecule has 0 bridgehead atoms. The predicted octanol–water partition coefficient (Wildman–Crippen LogP) is 3.44. The number of amides is 1. The standard InChI is InChI=1S/C18H22N4OS/c1-12-11-24-17(20-12)14-3-2-8-22(10-14)18(23)13-4-7-16(19-9-13)21-15-5-6-15/h4,7,9,11,14-15H,2-3,5-6,8,10H2,1H3,(H,19,21)/t14-/m1/s1. The summed E-state index contributed by atoms with van der Waals surface area (Å²) in [6.07, 6.45) is 6.27. The van der Waals surface area contributed by atoms with Crippen molar-refractivity contribution in [3.05, 3.63) is 40.0 Å². The van der Waals surface area contributed by atoms with Crippen molar-refractivity contribution in [2.24, 2.45) is 0 Å². The van der Waals surface area contributed by atoms with Crippen molar-refractivity contribution in [2.75, 3.05) is 18.4 Å². The van der Waals surface area contributed by atoms with E-state index in [-0.39, 0.29) is 5.91 Å². The molecule has 1 saturated carbocycles. The smallest absolute Gasteiger partial charge is 0.255 e. The van der Waals surface area contributed by atoms with E-state index in [0.717, 1.165) is 42.5 Å². The fraction of sp³-hybridized carbons (Fsp3) is 0.500. The number of nitrogens with one attached hydrogen (secondary N) is 1. The fourth-order valence-corrected chi connectivity index (χ4v) is 4.07. The van der Waals surface area contributed by atoms with E-state index in [1.807, 2.05) is 24.0 Å². The minimum atomic E-state index is 0.0819. The molecule has 2 aromatic rings. The summed E-state index contributed by atoms with van der Waals surface area (Å²) >= 11 is 1.71. The van der Waals surface area contributed by atoms with Gasteiger partial charge in [0, 0.05) is 42.3 Å². The van der Waals surface area contributed by atoms with Gasteiger partial charge in [-0.2, -0.15) is 0 Å². The number of piperidine rings is 1. The molecule has 1 amide bonds. The molecule has 1 saturated heterocycles. The highest BCUT2D eigenvalue weighted by molar-refractivity contribution is 7.09. The predicted molar refractivity (Wildman–Crippen MR) is 95.6 cm³/mol. The molecule has 1 atom stereocenters. The molecule has 6 heteroatoms. The second-order valence-electron chi connectivity index (χ2n) is 6.77. The SMILES string of the molecule is Cc1csc([C@@H]2CCCN(C(=O)c3ccc(NC4CC4)nc3)C2)n1. The molecule has 5 nitrogen and oxygen atoms in total. The van der Waals surface area contributed by atoms with Crippen LogP contribution in [0.25, 0.3) is 0 Å². The van der Waals surface area contributed by atoms with Crippen LogP contribution in [0.5, 0.6) is 0 Å². The van der Waals surface area contributed by atoms with Crippen LogP contribution in [-0.2, 0) is 0 Å². The highest BCUT2D eigenvalue weighted by atomic mass is 32.1. The molecule has 4 rings (SSSR count). The number of nitrogens with zero attached hydrogens (tertiary/aromatic N) is 3. The summed E-state index contributed by atoms with van der Waals surface area (Å²) in [6, 6.07) is 4.37. The van der Waals surface area contributed by atoms with Gasteiger partial charge in [-0.1, -0.05) is 0 Å². The van der Waals surface area contributed by atoms with Crippen molar-refractivity contribution in [3.8, 4) is 0 Å². The van der Waals surface area contributed by atoms with Crippen LogP contribution >= 0.6 is 11.3 Å². The molecule has 1 aliphatic carbocycles. The Morgan fingerprint density at radius 3 is 2.88 bits per heavy atom. The molecule has 1 aliphatic heterocycles. The zero-order valence-corrected chi connectivity index (χ0v) is 14.7. The van der Waals surface area contributed by atoms with Crippen LogP contribution in [0.1, 0.15) is 52.7 Å². The molecule has 3 heterocycles. The van der Waals surface area contributed by atoms with E-state index < -0.39 is 0 Å². The van der Waals surface area contributed by atoms with Crippen LogP contribution in [0.3, 0.4) is 0 Å². The maximum Gasteiger partial charge on any atom is 0.255 e. The van der Waals surface area contributed by atoms with Crippen LogP contribution < -0.4 is 5.32 Å². The summed E-state index contributed by atoms with van der Waals surface area (Å²) in [4.78, 5) is 23.7. The number of carbonyl (C=O) groups excluding carboxylic acids is 1. The number of thiazole rings is 1. The fourth-order valence-electron chi connectivity index (χ4n) is 3.15. The third-order valence-electron chi connectivity index (χ3n) is 4.63. The Morgan fingerprint density at radius 1 is 1.33 bits per heavy atom. The van der Waals surface area contributed by atoms with E-state index in [1.54, 1.807) is 17.5 Å². The Hall–Kier alpha value is -1.95. The van der Waals surface area contributed by atoms with Gasteiger partial charge in [0.25, 0.3) is 5.91 Å². The third-order valence-corrected chi connectivity index (χ3v) is 5.76. The topological polar surface area (TPSA) is 58.1 Å². The van der Waals surface area contributed by atoms with Gasteiger partial charge in [-0.25, -0.2) is 9.97 Å². The third kappa shape index (κ3) is 3.43. The Labute approximate surface area is 146 Å². The lowest BCUT2D eigenvalue weighted by Gasteiger charge is -2.31. The van der Waals surface area contributed by atoms with Crippen molar-refractivity contribution in [3.63, 3.8) is 0 Å². The van der Waals surface area contributed by atoms with E-state index in [4.69, 9.17) is 0 Å². The molecule has 1 N–H and O–H groups in total. The molecule has 0 aromatic carbocycles. The lowest BCUT2D eigenvalue weighted by Crippen LogP contribution is -2.39. The highest BCUT2D eigenvalue weighted by Gasteiger charge is 2.27. The summed E-state index contributed by atoms with van der Waals surface area (Å²) in [5.41, 5.74) is 1.74. The first-order valence-corrected chi connectivity index (χ1v) is 9.51. The second-order valence-corrected chi connectivity index (χ2v) is 7.66. The van der Waals surface area contributed by atoms with Gasteiger partial charge >= 0.3 is 0 Å². The maximum atomic E-state index is 12.8. The monoisotopic (exact) mass is 342 g/mol. The van der Waals surface area contributed by atoms with Gasteiger partial charge in [-0.15, -0.1) is 11.3 Å². The lowest BCUT2D eigenvalue weighted by atomic mass is 9.98. The van der Waals surface area contributed by atoms with E-state index >= 15 is 0 Å². The largest absolute Gasteiger partial charge is 0.367 e. The van der Waals surface area contributed by atoms with Gasteiger partial charge in [-0.3, -0.25) is 4.79 Å². The summed E-state index contributed by atoms with van der Waals surface area (Å²) < 4.78 is 0. The summed E-state index contributed by atoms with van der Waals surface area (Å²) in [7, 11) is 0. The van der Waals surface area contributed by atoms with Crippen molar-refractivity contribution < 1.29 is 4.79 Å². The Balaban J connectivity index is 1.43. The molecule has 2 fully saturated rings. The van der Waals surface area contributed by atoms with Crippen molar-refractivity contribution in [1.82, 2.24) is 14.9 Å². The van der Waals surface area contributed by atoms with E-state index in [1.165, 1.54) is 12.8 Å². The Morgan fingerprint density at radius 2 is 2.21 bits per heavy atom. The van der Waals surface area contributed by atoms with Crippen LogP contribution in [0.15, 0.2) is 23.7 Å². The number of hydrogen-bond acceptors (Lipinski definition) is 5. The average molecular weight is 342 g/mol. The van der Waals surface area contributed by atoms with E-state index in [0.29, 0.717) is 17.5 Å². The minimum Gasteiger partial charge on any atom is -0.367 e. The van der Waals surface area contributed by atoms with Crippen LogP contribution in [-0.4, -0.2) is 39.9 Å².